The number of carbonyl (C=O) groups excluding carboxylic acids is 2. The zero-order chi connectivity index (χ0) is 13.3. The van der Waals surface area contributed by atoms with Gasteiger partial charge < -0.3 is 10.1 Å². The Balaban J connectivity index is 2.18. The highest BCUT2D eigenvalue weighted by molar-refractivity contribution is 7.20. The molecule has 0 aliphatic carbocycles. The number of rotatable bonds is 3. The molecule has 18 heavy (non-hydrogen) atoms. The van der Waals surface area contributed by atoms with E-state index in [-0.39, 0.29) is 12.5 Å². The number of amides is 1. The number of esters is 1. The smallest absolute Gasteiger partial charge is 0.325 e. The van der Waals surface area contributed by atoms with Gasteiger partial charge in [0.2, 0.25) is 0 Å². The van der Waals surface area contributed by atoms with E-state index in [1.165, 1.54) is 18.4 Å². The number of carbonyl (C=O) groups is 2. The molecule has 2 aromatic rings. The Morgan fingerprint density at radius 2 is 2.28 bits per heavy atom. The summed E-state index contributed by atoms with van der Waals surface area (Å²) in [6, 6.07) is 1.79. The fourth-order valence-corrected chi connectivity index (χ4v) is 2.67. The van der Waals surface area contributed by atoms with E-state index >= 15 is 0 Å². The number of hydrogen-bond acceptors (Lipinski definition) is 5. The monoisotopic (exact) mass is 267 g/mol. The lowest BCUT2D eigenvalue weighted by atomic mass is 10.3. The van der Waals surface area contributed by atoms with Crippen LogP contribution in [0.1, 0.15) is 15.4 Å². The molecule has 1 N–H and O–H groups in total. The van der Waals surface area contributed by atoms with E-state index in [2.05, 4.69) is 15.2 Å². The van der Waals surface area contributed by atoms with Gasteiger partial charge in [-0.2, -0.15) is 5.10 Å². The van der Waals surface area contributed by atoms with Crippen LogP contribution in [0.3, 0.4) is 0 Å². The number of methoxy groups -OCH3 is 1. The molecule has 0 unspecified atom stereocenters. The number of fused-ring (bicyclic) bond motifs is 1. The largest absolute Gasteiger partial charge is 0.468 e. The van der Waals surface area contributed by atoms with Crippen molar-refractivity contribution in [3.63, 3.8) is 0 Å². The topological polar surface area (TPSA) is 73.2 Å². The molecule has 0 radical (unpaired) electrons. The molecule has 2 aromatic heterocycles. The Bertz CT molecular complexity index is 580. The second-order valence-corrected chi connectivity index (χ2v) is 4.83. The Hall–Kier alpha value is -1.89. The highest BCUT2D eigenvalue weighted by Crippen LogP contribution is 2.27. The molecule has 0 saturated carbocycles. The first-order chi connectivity index (χ1) is 8.52. The minimum atomic E-state index is -0.470. The van der Waals surface area contributed by atoms with Gasteiger partial charge in [-0.05, 0) is 13.0 Å². The van der Waals surface area contributed by atoms with Gasteiger partial charge >= 0.3 is 5.97 Å². The Morgan fingerprint density at radius 3 is 2.89 bits per heavy atom. The molecule has 0 spiro atoms. The number of aryl methyl sites for hydroxylation is 2. The van der Waals surface area contributed by atoms with Crippen molar-refractivity contribution in [1.29, 1.82) is 0 Å². The molecular formula is C11H13N3O3S. The fraction of sp³-hybridized carbons (Fsp3) is 0.364. The second kappa shape index (κ2) is 4.77. The first kappa shape index (κ1) is 12.6. The van der Waals surface area contributed by atoms with Gasteiger partial charge in [0, 0.05) is 12.4 Å². The van der Waals surface area contributed by atoms with E-state index < -0.39 is 5.97 Å². The third kappa shape index (κ3) is 2.21. The molecule has 0 atom stereocenters. The molecule has 0 aromatic carbocycles. The number of hydrogen-bond donors (Lipinski definition) is 1. The van der Waals surface area contributed by atoms with E-state index in [4.69, 9.17) is 0 Å². The van der Waals surface area contributed by atoms with Gasteiger partial charge in [0.25, 0.3) is 5.91 Å². The van der Waals surface area contributed by atoms with Gasteiger partial charge in [-0.1, -0.05) is 0 Å². The van der Waals surface area contributed by atoms with Crippen LogP contribution in [0.15, 0.2) is 6.07 Å². The van der Waals surface area contributed by atoms with E-state index in [0.717, 1.165) is 15.9 Å². The van der Waals surface area contributed by atoms with Crippen molar-refractivity contribution in [3.8, 4) is 0 Å². The standard InChI is InChI=1S/C11H13N3O3S/c1-6-7-4-8(18-11(7)14(2)13-6)10(16)12-5-9(15)17-3/h4H,5H2,1-3H3,(H,12,16). The molecule has 7 heteroatoms. The predicted molar refractivity (Wildman–Crippen MR) is 67.7 cm³/mol. The van der Waals surface area contributed by atoms with Crippen LogP contribution in [0.25, 0.3) is 10.2 Å². The molecule has 1 amide bonds. The third-order valence-electron chi connectivity index (χ3n) is 2.54. The molecule has 0 saturated heterocycles. The predicted octanol–water partition coefficient (Wildman–Crippen LogP) is 0.846. The zero-order valence-electron chi connectivity index (χ0n) is 10.3. The van der Waals surface area contributed by atoms with Crippen LogP contribution in [-0.4, -0.2) is 35.3 Å². The van der Waals surface area contributed by atoms with Crippen molar-refractivity contribution in [1.82, 2.24) is 15.1 Å². The Kier molecular flexibility index (Phi) is 3.33. The van der Waals surface area contributed by atoms with Crippen LogP contribution in [0.5, 0.6) is 0 Å². The van der Waals surface area contributed by atoms with Gasteiger partial charge in [-0.15, -0.1) is 11.3 Å². The molecule has 0 bridgehead atoms. The number of nitrogens with one attached hydrogen (secondary N) is 1. The lowest BCUT2D eigenvalue weighted by Gasteiger charge is -2.01. The summed E-state index contributed by atoms with van der Waals surface area (Å²) in [6.07, 6.45) is 0. The molecule has 6 nitrogen and oxygen atoms in total. The van der Waals surface area contributed by atoms with Crippen molar-refractivity contribution >= 4 is 33.4 Å². The highest BCUT2D eigenvalue weighted by Gasteiger charge is 2.15. The minimum absolute atomic E-state index is 0.124. The van der Waals surface area contributed by atoms with Crippen molar-refractivity contribution in [2.24, 2.45) is 7.05 Å². The lowest BCUT2D eigenvalue weighted by molar-refractivity contribution is -0.139. The van der Waals surface area contributed by atoms with Crippen molar-refractivity contribution in [3.05, 3.63) is 16.6 Å². The van der Waals surface area contributed by atoms with Crippen molar-refractivity contribution in [2.75, 3.05) is 13.7 Å². The average molecular weight is 267 g/mol. The van der Waals surface area contributed by atoms with Crippen LogP contribution in [0.2, 0.25) is 0 Å². The third-order valence-corrected chi connectivity index (χ3v) is 3.74. The fourth-order valence-electron chi connectivity index (χ4n) is 1.63. The van der Waals surface area contributed by atoms with Gasteiger partial charge in [0.15, 0.2) is 0 Å². The molecule has 2 rings (SSSR count). The highest BCUT2D eigenvalue weighted by atomic mass is 32.1. The molecule has 0 fully saturated rings. The van der Waals surface area contributed by atoms with Crippen LogP contribution < -0.4 is 5.32 Å². The van der Waals surface area contributed by atoms with E-state index in [9.17, 15) is 9.59 Å². The van der Waals surface area contributed by atoms with Crippen LogP contribution in [-0.2, 0) is 16.6 Å². The minimum Gasteiger partial charge on any atom is -0.468 e. The molecule has 96 valence electrons. The summed E-state index contributed by atoms with van der Waals surface area (Å²) in [5.41, 5.74) is 0.885. The number of nitrogens with zero attached hydrogens (tertiary/aromatic N) is 2. The summed E-state index contributed by atoms with van der Waals surface area (Å²) in [4.78, 5) is 24.2. The normalized spacial score (nSPS) is 10.6. The van der Waals surface area contributed by atoms with Gasteiger partial charge in [-0.25, -0.2) is 0 Å². The van der Waals surface area contributed by atoms with Crippen LogP contribution in [0, 0.1) is 6.92 Å². The van der Waals surface area contributed by atoms with Crippen molar-refractivity contribution < 1.29 is 14.3 Å². The van der Waals surface area contributed by atoms with Crippen LogP contribution >= 0.6 is 11.3 Å². The van der Waals surface area contributed by atoms with Crippen molar-refractivity contribution in [2.45, 2.75) is 6.92 Å². The van der Waals surface area contributed by atoms with E-state index in [1.54, 1.807) is 10.7 Å². The first-order valence-electron chi connectivity index (χ1n) is 5.31. The Labute approximate surface area is 108 Å². The summed E-state index contributed by atoms with van der Waals surface area (Å²) in [5, 5.41) is 7.73. The maximum Gasteiger partial charge on any atom is 0.325 e. The summed E-state index contributed by atoms with van der Waals surface area (Å²) in [5.74, 6) is -0.747. The second-order valence-electron chi connectivity index (χ2n) is 3.80. The molecule has 0 aliphatic heterocycles. The van der Waals surface area contributed by atoms with Gasteiger partial charge in [0.05, 0.1) is 17.7 Å². The maximum atomic E-state index is 11.8. The van der Waals surface area contributed by atoms with Gasteiger partial charge in [-0.3, -0.25) is 14.3 Å². The molecule has 2 heterocycles. The molecular weight excluding hydrogens is 254 g/mol. The average Bonchev–Trinajstić information content (AvgIpc) is 2.89. The summed E-state index contributed by atoms with van der Waals surface area (Å²) in [7, 11) is 3.12. The number of ether oxygens (including phenoxy) is 1. The van der Waals surface area contributed by atoms with E-state index in [1.807, 2.05) is 14.0 Å². The number of thiophene rings is 1. The SMILES string of the molecule is COC(=O)CNC(=O)c1cc2c(C)nn(C)c2s1. The number of aromatic nitrogens is 2. The molecule has 0 aliphatic rings. The summed E-state index contributed by atoms with van der Waals surface area (Å²) < 4.78 is 6.20. The van der Waals surface area contributed by atoms with Gasteiger partial charge in [0.1, 0.15) is 11.4 Å². The quantitative estimate of drug-likeness (QED) is 0.837. The summed E-state index contributed by atoms with van der Waals surface area (Å²) in [6.45, 7) is 1.77. The van der Waals surface area contributed by atoms with E-state index in [0.29, 0.717) is 4.88 Å². The Morgan fingerprint density at radius 1 is 1.56 bits per heavy atom. The maximum absolute atomic E-state index is 11.8. The van der Waals surface area contributed by atoms with Crippen LogP contribution in [0.4, 0.5) is 0 Å². The lowest BCUT2D eigenvalue weighted by Crippen LogP contribution is -2.29. The first-order valence-corrected chi connectivity index (χ1v) is 6.12. The summed E-state index contributed by atoms with van der Waals surface area (Å²) >= 11 is 1.35. The zero-order valence-corrected chi connectivity index (χ0v) is 11.1.